The number of amides is 1. The molecule has 0 radical (unpaired) electrons. The molecular formula is C24H27N3O5S. The summed E-state index contributed by atoms with van der Waals surface area (Å²) in [7, 11) is -3.73. The van der Waals surface area contributed by atoms with E-state index in [2.05, 4.69) is 9.71 Å². The van der Waals surface area contributed by atoms with Crippen molar-refractivity contribution in [2.45, 2.75) is 57.2 Å². The number of esters is 1. The van der Waals surface area contributed by atoms with Crippen LogP contribution in [-0.4, -0.2) is 44.3 Å². The van der Waals surface area contributed by atoms with E-state index in [-0.39, 0.29) is 28.6 Å². The van der Waals surface area contributed by atoms with E-state index < -0.39 is 28.1 Å². The van der Waals surface area contributed by atoms with Gasteiger partial charge >= 0.3 is 5.97 Å². The maximum absolute atomic E-state index is 13.2. The van der Waals surface area contributed by atoms with Crippen LogP contribution in [0.5, 0.6) is 0 Å². The fraction of sp³-hybridized carbons (Fsp3) is 0.375. The van der Waals surface area contributed by atoms with Gasteiger partial charge in [-0.25, -0.2) is 13.2 Å². The second-order valence-electron chi connectivity index (χ2n) is 8.74. The van der Waals surface area contributed by atoms with Crippen LogP contribution in [-0.2, 0) is 30.8 Å². The Morgan fingerprint density at radius 3 is 2.48 bits per heavy atom. The highest BCUT2D eigenvalue weighted by molar-refractivity contribution is 7.90. The summed E-state index contributed by atoms with van der Waals surface area (Å²) in [5.74, 6) is -1.16. The molecule has 3 atom stereocenters. The quantitative estimate of drug-likeness (QED) is 0.678. The van der Waals surface area contributed by atoms with E-state index in [1.165, 1.54) is 6.07 Å². The molecule has 8 nitrogen and oxygen atoms in total. The molecule has 3 unspecified atom stereocenters. The smallest absolute Gasteiger partial charge is 0.331 e. The zero-order chi connectivity index (χ0) is 23.9. The van der Waals surface area contributed by atoms with Gasteiger partial charge in [-0.1, -0.05) is 44.2 Å². The van der Waals surface area contributed by atoms with Gasteiger partial charge < -0.3 is 9.64 Å². The zero-order valence-corrected chi connectivity index (χ0v) is 19.8. The highest BCUT2D eigenvalue weighted by Gasteiger charge is 2.37. The average Bonchev–Trinajstić information content (AvgIpc) is 3.23. The number of nitrogens with one attached hydrogen (secondary N) is 1. The topological polar surface area (TPSA) is 105 Å². The summed E-state index contributed by atoms with van der Waals surface area (Å²) in [5.41, 5.74) is 2.31. The highest BCUT2D eigenvalue weighted by Crippen LogP contribution is 2.32. The number of rotatable bonds is 5. The van der Waals surface area contributed by atoms with Crippen LogP contribution in [0.15, 0.2) is 58.4 Å². The monoisotopic (exact) mass is 469 g/mol. The molecule has 2 heterocycles. The fourth-order valence-electron chi connectivity index (χ4n) is 4.23. The number of carbonyl (C=O) groups is 2. The molecule has 4 rings (SSSR count). The molecule has 1 amide bonds. The first-order valence-electron chi connectivity index (χ1n) is 10.9. The first-order chi connectivity index (χ1) is 15.6. The average molecular weight is 470 g/mol. The number of para-hydroxylation sites is 1. The number of fused-ring (bicyclic) bond motifs is 2. The Morgan fingerprint density at radius 1 is 1.09 bits per heavy atom. The van der Waals surface area contributed by atoms with Crippen molar-refractivity contribution in [2.24, 2.45) is 10.9 Å². The number of hydrogen-bond donors (Lipinski definition) is 1. The molecule has 2 aromatic carbocycles. The first kappa shape index (κ1) is 23.0. The van der Waals surface area contributed by atoms with Crippen molar-refractivity contribution >= 4 is 33.4 Å². The first-order valence-corrected chi connectivity index (χ1v) is 12.4. The minimum atomic E-state index is -3.73. The van der Waals surface area contributed by atoms with Gasteiger partial charge in [-0.2, -0.15) is 0 Å². The molecule has 2 aliphatic heterocycles. The van der Waals surface area contributed by atoms with Crippen molar-refractivity contribution in [3.63, 3.8) is 0 Å². The summed E-state index contributed by atoms with van der Waals surface area (Å²) in [6.07, 6.45) is -0.273. The van der Waals surface area contributed by atoms with Crippen molar-refractivity contribution in [3.05, 3.63) is 59.7 Å². The van der Waals surface area contributed by atoms with Gasteiger partial charge in [0.25, 0.3) is 15.9 Å². The normalized spacial score (nSPS) is 21.3. The molecule has 0 saturated heterocycles. The number of aliphatic imine (C=N–C) groups is 1. The SMILES string of the molecule is CC(OC(=O)C(N=C1NS(=O)(=O)c2ccccc21)C(C)C)C(=O)N1c2ccccc2CC1C. The predicted octanol–water partition coefficient (Wildman–Crippen LogP) is 2.66. The van der Waals surface area contributed by atoms with Crippen molar-refractivity contribution < 1.29 is 22.7 Å². The minimum absolute atomic E-state index is 0.0402. The van der Waals surface area contributed by atoms with Crippen molar-refractivity contribution in [1.82, 2.24) is 4.72 Å². The third-order valence-corrected chi connectivity index (χ3v) is 7.29. The highest BCUT2D eigenvalue weighted by atomic mass is 32.2. The van der Waals surface area contributed by atoms with Crippen molar-refractivity contribution in [2.75, 3.05) is 4.90 Å². The van der Waals surface area contributed by atoms with Gasteiger partial charge in [0, 0.05) is 17.3 Å². The lowest BCUT2D eigenvalue weighted by atomic mass is 10.0. The molecular weight excluding hydrogens is 442 g/mol. The molecule has 9 heteroatoms. The Kier molecular flexibility index (Phi) is 6.00. The van der Waals surface area contributed by atoms with Gasteiger partial charge in [-0.3, -0.25) is 14.5 Å². The molecule has 1 N–H and O–H groups in total. The van der Waals surface area contributed by atoms with Gasteiger partial charge in [-0.15, -0.1) is 0 Å². The standard InChI is InChI=1S/C24H27N3O5S/c1-14(2)21(25-22-18-10-6-8-12-20(18)33(30,31)26-22)24(29)32-16(4)23(28)27-15(3)13-17-9-5-7-11-19(17)27/h5-12,14-16,21H,13H2,1-4H3,(H,25,26). The van der Waals surface area contributed by atoms with Crippen molar-refractivity contribution in [3.8, 4) is 0 Å². The molecule has 174 valence electrons. The van der Waals surface area contributed by atoms with Crippen LogP contribution >= 0.6 is 0 Å². The van der Waals surface area contributed by atoms with E-state index in [1.54, 1.807) is 43.9 Å². The van der Waals surface area contributed by atoms with E-state index in [0.29, 0.717) is 5.56 Å². The van der Waals surface area contributed by atoms with Crippen LogP contribution in [0.25, 0.3) is 0 Å². The molecule has 0 aromatic heterocycles. The predicted molar refractivity (Wildman–Crippen MR) is 125 cm³/mol. The van der Waals surface area contributed by atoms with Gasteiger partial charge in [0.15, 0.2) is 12.1 Å². The second kappa shape index (κ2) is 8.62. The minimum Gasteiger partial charge on any atom is -0.451 e. The maximum atomic E-state index is 13.2. The Labute approximate surface area is 193 Å². The van der Waals surface area contributed by atoms with Crippen LogP contribution in [0.4, 0.5) is 5.69 Å². The Hall–Kier alpha value is -3.20. The lowest BCUT2D eigenvalue weighted by Crippen LogP contribution is -2.44. The molecule has 0 bridgehead atoms. The Balaban J connectivity index is 1.54. The molecule has 2 aromatic rings. The molecule has 0 saturated carbocycles. The summed E-state index contributed by atoms with van der Waals surface area (Å²) in [5, 5.41) is 0. The van der Waals surface area contributed by atoms with Crippen LogP contribution in [0, 0.1) is 5.92 Å². The third-order valence-electron chi connectivity index (χ3n) is 5.89. The van der Waals surface area contributed by atoms with E-state index in [9.17, 15) is 18.0 Å². The largest absolute Gasteiger partial charge is 0.451 e. The Bertz CT molecular complexity index is 1240. The maximum Gasteiger partial charge on any atom is 0.331 e. The van der Waals surface area contributed by atoms with Gasteiger partial charge in [0.2, 0.25) is 0 Å². The summed E-state index contributed by atoms with van der Waals surface area (Å²) < 4.78 is 32.7. The summed E-state index contributed by atoms with van der Waals surface area (Å²) in [6, 6.07) is 13.1. The van der Waals surface area contributed by atoms with Gasteiger partial charge in [-0.05, 0) is 49.9 Å². The number of hydrogen-bond acceptors (Lipinski definition) is 6. The number of sulfonamides is 1. The van der Waals surface area contributed by atoms with Crippen LogP contribution < -0.4 is 9.62 Å². The van der Waals surface area contributed by atoms with Gasteiger partial charge in [0.1, 0.15) is 5.84 Å². The number of carbonyl (C=O) groups excluding carboxylic acids is 2. The second-order valence-corrected chi connectivity index (χ2v) is 10.4. The summed E-state index contributed by atoms with van der Waals surface area (Å²) in [6.45, 7) is 7.08. The third kappa shape index (κ3) is 4.25. The van der Waals surface area contributed by atoms with E-state index in [4.69, 9.17) is 4.74 Å². The van der Waals surface area contributed by atoms with Crippen LogP contribution in [0.2, 0.25) is 0 Å². The molecule has 33 heavy (non-hydrogen) atoms. The summed E-state index contributed by atoms with van der Waals surface area (Å²) >= 11 is 0. The van der Waals surface area contributed by atoms with Crippen molar-refractivity contribution in [1.29, 1.82) is 0 Å². The Morgan fingerprint density at radius 2 is 1.76 bits per heavy atom. The van der Waals surface area contributed by atoms with E-state index >= 15 is 0 Å². The number of amidine groups is 1. The van der Waals surface area contributed by atoms with E-state index in [1.807, 2.05) is 31.2 Å². The molecule has 0 aliphatic carbocycles. The van der Waals surface area contributed by atoms with E-state index in [0.717, 1.165) is 17.7 Å². The molecule has 0 fully saturated rings. The zero-order valence-electron chi connectivity index (χ0n) is 19.0. The lowest BCUT2D eigenvalue weighted by molar-refractivity contribution is -0.156. The van der Waals surface area contributed by atoms with Crippen LogP contribution in [0.1, 0.15) is 38.8 Å². The number of benzene rings is 2. The molecule has 2 aliphatic rings. The summed E-state index contributed by atoms with van der Waals surface area (Å²) in [4.78, 5) is 32.4. The van der Waals surface area contributed by atoms with Crippen LogP contribution in [0.3, 0.4) is 0 Å². The number of anilines is 1. The molecule has 0 spiro atoms. The fourth-order valence-corrected chi connectivity index (χ4v) is 5.47. The van der Waals surface area contributed by atoms with Gasteiger partial charge in [0.05, 0.1) is 4.90 Å². The number of nitrogens with zero attached hydrogens (tertiary/aromatic N) is 2. The lowest BCUT2D eigenvalue weighted by Gasteiger charge is -2.27. The number of ether oxygens (including phenoxy) is 1.